The second kappa shape index (κ2) is 10.0. The molecule has 0 saturated carbocycles. The molecule has 8 heteroatoms. The molecule has 2 aromatic rings. The Bertz CT molecular complexity index is 974. The number of para-hydroxylation sites is 1. The van der Waals surface area contributed by atoms with Crippen molar-refractivity contribution in [3.63, 3.8) is 0 Å². The minimum atomic E-state index is -0.759. The minimum Gasteiger partial charge on any atom is -0.375 e. The molecule has 0 bridgehead atoms. The third-order valence-electron chi connectivity index (χ3n) is 6.46. The van der Waals surface area contributed by atoms with Crippen molar-refractivity contribution >= 4 is 23.4 Å². The lowest BCUT2D eigenvalue weighted by atomic mass is 9.85. The highest BCUT2D eigenvalue weighted by atomic mass is 16.5. The third kappa shape index (κ3) is 4.85. The lowest BCUT2D eigenvalue weighted by Gasteiger charge is -2.43. The summed E-state index contributed by atoms with van der Waals surface area (Å²) in [6, 6.07) is 19.5. The van der Waals surface area contributed by atoms with Crippen LogP contribution in [0.2, 0.25) is 0 Å². The number of ether oxygens (including phenoxy) is 1. The van der Waals surface area contributed by atoms with Crippen LogP contribution in [-0.2, 0) is 25.7 Å². The van der Waals surface area contributed by atoms with Crippen LogP contribution in [0.3, 0.4) is 0 Å². The minimum absolute atomic E-state index is 0.00305. The van der Waals surface area contributed by atoms with Crippen LogP contribution in [0.25, 0.3) is 0 Å². The number of nitrogens with zero attached hydrogens (tertiary/aromatic N) is 3. The highest BCUT2D eigenvalue weighted by molar-refractivity contribution is 5.96. The Morgan fingerprint density at radius 2 is 1.64 bits per heavy atom. The van der Waals surface area contributed by atoms with Gasteiger partial charge < -0.3 is 24.8 Å². The fraction of sp³-hybridized carbons (Fsp3) is 0.400. The third-order valence-corrected chi connectivity index (χ3v) is 6.46. The van der Waals surface area contributed by atoms with Gasteiger partial charge in [-0.15, -0.1) is 0 Å². The van der Waals surface area contributed by atoms with E-state index in [-0.39, 0.29) is 30.9 Å². The van der Waals surface area contributed by atoms with Gasteiger partial charge in [0.1, 0.15) is 18.7 Å². The van der Waals surface area contributed by atoms with Gasteiger partial charge in [-0.05, 0) is 30.5 Å². The SMILES string of the molecule is COCC(=O)N1CCC2(CC1)C(=O)N(CC(=O)NCc1ccccc1)CN2c1ccccc1. The van der Waals surface area contributed by atoms with E-state index >= 15 is 0 Å². The van der Waals surface area contributed by atoms with Gasteiger partial charge in [0.25, 0.3) is 5.91 Å². The van der Waals surface area contributed by atoms with Gasteiger partial charge in [-0.2, -0.15) is 0 Å². The molecule has 3 amide bonds. The monoisotopic (exact) mass is 450 g/mol. The summed E-state index contributed by atoms with van der Waals surface area (Å²) in [6.07, 6.45) is 1.02. The van der Waals surface area contributed by atoms with Gasteiger partial charge in [-0.1, -0.05) is 48.5 Å². The number of amides is 3. The average molecular weight is 451 g/mol. The van der Waals surface area contributed by atoms with Crippen LogP contribution < -0.4 is 10.2 Å². The molecule has 0 aliphatic carbocycles. The maximum absolute atomic E-state index is 13.7. The Labute approximate surface area is 194 Å². The molecule has 0 radical (unpaired) electrons. The molecule has 0 aromatic heterocycles. The van der Waals surface area contributed by atoms with Crippen LogP contribution in [0.5, 0.6) is 0 Å². The molecule has 174 valence electrons. The van der Waals surface area contributed by atoms with Crippen LogP contribution in [0, 0.1) is 0 Å². The lowest BCUT2D eigenvalue weighted by Crippen LogP contribution is -2.57. The Hall–Kier alpha value is -3.39. The number of hydrogen-bond acceptors (Lipinski definition) is 5. The maximum atomic E-state index is 13.7. The number of carbonyl (C=O) groups excluding carboxylic acids is 3. The van der Waals surface area contributed by atoms with E-state index in [0.29, 0.717) is 39.1 Å². The number of anilines is 1. The molecule has 2 heterocycles. The fourth-order valence-corrected chi connectivity index (χ4v) is 4.69. The lowest BCUT2D eigenvalue weighted by molar-refractivity contribution is -0.141. The molecular weight excluding hydrogens is 420 g/mol. The Kier molecular flexibility index (Phi) is 6.93. The van der Waals surface area contributed by atoms with Crippen LogP contribution in [0.1, 0.15) is 18.4 Å². The van der Waals surface area contributed by atoms with Gasteiger partial charge in [-0.3, -0.25) is 14.4 Å². The average Bonchev–Trinajstić information content (AvgIpc) is 3.10. The largest absolute Gasteiger partial charge is 0.375 e. The molecule has 1 N–H and O–H groups in total. The second-order valence-electron chi connectivity index (χ2n) is 8.52. The van der Waals surface area contributed by atoms with Crippen molar-refractivity contribution in [1.82, 2.24) is 15.1 Å². The zero-order valence-corrected chi connectivity index (χ0v) is 18.9. The van der Waals surface area contributed by atoms with E-state index in [0.717, 1.165) is 11.3 Å². The predicted molar refractivity (Wildman–Crippen MR) is 124 cm³/mol. The summed E-state index contributed by atoms with van der Waals surface area (Å²) in [4.78, 5) is 44.1. The number of hydrogen-bond donors (Lipinski definition) is 1. The summed E-state index contributed by atoms with van der Waals surface area (Å²) in [5.41, 5.74) is 1.19. The molecule has 0 atom stereocenters. The molecule has 33 heavy (non-hydrogen) atoms. The standard InChI is InChI=1S/C25H30N4O4/c1-33-18-23(31)27-14-12-25(13-15-27)24(32)28(19-29(25)21-10-6-3-7-11-21)17-22(30)26-16-20-8-4-2-5-9-20/h2-11H,12-19H2,1H3,(H,26,30). The molecular formula is C25H30N4O4. The van der Waals surface area contributed by atoms with Crippen molar-refractivity contribution in [3.05, 3.63) is 66.2 Å². The first-order valence-electron chi connectivity index (χ1n) is 11.2. The maximum Gasteiger partial charge on any atom is 0.250 e. The summed E-state index contributed by atoms with van der Waals surface area (Å²) in [6.45, 7) is 1.76. The molecule has 8 nitrogen and oxygen atoms in total. The molecule has 4 rings (SSSR count). The first-order chi connectivity index (χ1) is 16.0. The van der Waals surface area contributed by atoms with Gasteiger partial charge in [-0.25, -0.2) is 0 Å². The second-order valence-corrected chi connectivity index (χ2v) is 8.52. The number of methoxy groups -OCH3 is 1. The van der Waals surface area contributed by atoms with Crippen molar-refractivity contribution in [2.24, 2.45) is 0 Å². The fourth-order valence-electron chi connectivity index (χ4n) is 4.69. The normalized spacial score (nSPS) is 17.5. The first kappa shape index (κ1) is 22.8. The summed E-state index contributed by atoms with van der Waals surface area (Å²) < 4.78 is 4.98. The van der Waals surface area contributed by atoms with Crippen molar-refractivity contribution in [1.29, 1.82) is 0 Å². The molecule has 0 unspecified atom stereocenters. The van der Waals surface area contributed by atoms with Crippen molar-refractivity contribution in [2.75, 3.05) is 44.9 Å². The summed E-state index contributed by atoms with van der Waals surface area (Å²) in [7, 11) is 1.50. The number of likely N-dealkylation sites (tertiary alicyclic amines) is 1. The highest BCUT2D eigenvalue weighted by Crippen LogP contribution is 2.39. The summed E-state index contributed by atoms with van der Waals surface area (Å²) >= 11 is 0. The van der Waals surface area contributed by atoms with E-state index in [1.54, 1.807) is 9.80 Å². The number of piperidine rings is 1. The predicted octanol–water partition coefficient (Wildman–Crippen LogP) is 1.62. The molecule has 2 fully saturated rings. The smallest absolute Gasteiger partial charge is 0.250 e. The van der Waals surface area contributed by atoms with Gasteiger partial charge >= 0.3 is 0 Å². The van der Waals surface area contributed by atoms with Crippen molar-refractivity contribution in [3.8, 4) is 0 Å². The zero-order valence-electron chi connectivity index (χ0n) is 18.9. The van der Waals surface area contributed by atoms with Crippen LogP contribution in [0.15, 0.2) is 60.7 Å². The van der Waals surface area contributed by atoms with Gasteiger partial charge in [0.15, 0.2) is 0 Å². The van der Waals surface area contributed by atoms with Gasteiger partial charge in [0.05, 0.1) is 6.67 Å². The van der Waals surface area contributed by atoms with Crippen molar-refractivity contribution in [2.45, 2.75) is 24.9 Å². The van der Waals surface area contributed by atoms with Crippen molar-refractivity contribution < 1.29 is 19.1 Å². The van der Waals surface area contributed by atoms with E-state index in [2.05, 4.69) is 10.2 Å². The summed E-state index contributed by atoms with van der Waals surface area (Å²) in [5, 5.41) is 2.91. The Morgan fingerprint density at radius 3 is 2.27 bits per heavy atom. The highest BCUT2D eigenvalue weighted by Gasteiger charge is 2.54. The number of carbonyl (C=O) groups is 3. The molecule has 2 saturated heterocycles. The Morgan fingerprint density at radius 1 is 1.00 bits per heavy atom. The first-order valence-corrected chi connectivity index (χ1v) is 11.2. The molecule has 2 aliphatic rings. The van der Waals surface area contributed by atoms with Crippen LogP contribution in [-0.4, -0.2) is 73.1 Å². The molecule has 2 aliphatic heterocycles. The number of rotatable bonds is 7. The molecule has 1 spiro atoms. The summed E-state index contributed by atoms with van der Waals surface area (Å²) in [5.74, 6) is -0.314. The van der Waals surface area contributed by atoms with Crippen LogP contribution in [0.4, 0.5) is 5.69 Å². The topological polar surface area (TPSA) is 82.2 Å². The van der Waals surface area contributed by atoms with E-state index in [9.17, 15) is 14.4 Å². The zero-order chi connectivity index (χ0) is 23.3. The van der Waals surface area contributed by atoms with E-state index in [1.807, 2.05) is 60.7 Å². The van der Waals surface area contributed by atoms with E-state index in [1.165, 1.54) is 7.11 Å². The van der Waals surface area contributed by atoms with E-state index < -0.39 is 5.54 Å². The molecule has 2 aromatic carbocycles. The number of benzene rings is 2. The number of nitrogens with one attached hydrogen (secondary N) is 1. The van der Waals surface area contributed by atoms with Gasteiger partial charge in [0.2, 0.25) is 11.8 Å². The van der Waals surface area contributed by atoms with Gasteiger partial charge in [0, 0.05) is 32.4 Å². The Balaban J connectivity index is 1.47. The van der Waals surface area contributed by atoms with Crippen LogP contribution >= 0.6 is 0 Å². The van der Waals surface area contributed by atoms with E-state index in [4.69, 9.17) is 4.74 Å². The quantitative estimate of drug-likeness (QED) is 0.693.